The predicted octanol–water partition coefficient (Wildman–Crippen LogP) is 2.11. The van der Waals surface area contributed by atoms with Crippen molar-refractivity contribution in [2.24, 2.45) is 5.41 Å². The SMILES string of the molecule is CC(C)NC(=O)N1CC[C@@]2(CC(=O)N(c3ccc(C#N)cc3)C2)C1. The van der Waals surface area contributed by atoms with Crippen molar-refractivity contribution in [3.05, 3.63) is 29.8 Å². The van der Waals surface area contributed by atoms with E-state index in [0.29, 0.717) is 31.6 Å². The molecule has 2 aliphatic rings. The molecule has 2 heterocycles. The zero-order chi connectivity index (χ0) is 17.3. The van der Waals surface area contributed by atoms with Crippen LogP contribution in [0, 0.1) is 16.7 Å². The monoisotopic (exact) mass is 326 g/mol. The lowest BCUT2D eigenvalue weighted by Crippen LogP contribution is -2.43. The number of hydrogen-bond donors (Lipinski definition) is 1. The molecular weight excluding hydrogens is 304 g/mol. The van der Waals surface area contributed by atoms with Gasteiger partial charge in [-0.2, -0.15) is 5.26 Å². The summed E-state index contributed by atoms with van der Waals surface area (Å²) in [5.41, 5.74) is 1.25. The summed E-state index contributed by atoms with van der Waals surface area (Å²) < 4.78 is 0. The first-order valence-electron chi connectivity index (χ1n) is 8.28. The molecule has 2 aliphatic heterocycles. The van der Waals surface area contributed by atoms with Crippen LogP contribution in [0.1, 0.15) is 32.3 Å². The van der Waals surface area contributed by atoms with Gasteiger partial charge in [-0.25, -0.2) is 4.79 Å². The Morgan fingerprint density at radius 1 is 1.29 bits per heavy atom. The minimum atomic E-state index is -0.153. The second kappa shape index (κ2) is 6.16. The zero-order valence-electron chi connectivity index (χ0n) is 14.1. The highest BCUT2D eigenvalue weighted by atomic mass is 16.2. The number of nitrogens with one attached hydrogen (secondary N) is 1. The van der Waals surface area contributed by atoms with E-state index in [1.54, 1.807) is 17.0 Å². The van der Waals surface area contributed by atoms with Gasteiger partial charge in [0.15, 0.2) is 0 Å². The van der Waals surface area contributed by atoms with E-state index in [1.807, 2.05) is 30.9 Å². The van der Waals surface area contributed by atoms with Crippen molar-refractivity contribution in [3.63, 3.8) is 0 Å². The number of carbonyl (C=O) groups is 2. The number of urea groups is 1. The molecule has 1 N–H and O–H groups in total. The molecule has 2 fully saturated rings. The van der Waals surface area contributed by atoms with Crippen molar-refractivity contribution >= 4 is 17.6 Å². The van der Waals surface area contributed by atoms with Crippen LogP contribution < -0.4 is 10.2 Å². The van der Waals surface area contributed by atoms with Gasteiger partial charge in [-0.05, 0) is 44.5 Å². The third-order valence-corrected chi connectivity index (χ3v) is 4.77. The third-order valence-electron chi connectivity index (χ3n) is 4.77. The Hall–Kier alpha value is -2.55. The Morgan fingerprint density at radius 2 is 2.00 bits per heavy atom. The van der Waals surface area contributed by atoms with Crippen LogP contribution in [0.15, 0.2) is 24.3 Å². The van der Waals surface area contributed by atoms with E-state index in [1.165, 1.54) is 0 Å². The van der Waals surface area contributed by atoms with E-state index in [4.69, 9.17) is 5.26 Å². The van der Waals surface area contributed by atoms with E-state index in [-0.39, 0.29) is 23.4 Å². The number of rotatable bonds is 2. The van der Waals surface area contributed by atoms with Gasteiger partial charge < -0.3 is 15.1 Å². The molecule has 6 nitrogen and oxygen atoms in total. The molecule has 0 radical (unpaired) electrons. The standard InChI is InChI=1S/C18H22N4O2/c1-13(2)20-17(24)21-8-7-18(11-21)9-16(23)22(12-18)15-5-3-14(10-19)4-6-15/h3-6,13H,7-9,11-12H2,1-2H3,(H,20,24)/t18-/m1/s1. The molecule has 126 valence electrons. The maximum atomic E-state index is 12.5. The van der Waals surface area contributed by atoms with Crippen molar-refractivity contribution in [2.75, 3.05) is 24.5 Å². The number of carbonyl (C=O) groups excluding carboxylic acids is 2. The average Bonchev–Trinajstić information content (AvgIpc) is 3.10. The van der Waals surface area contributed by atoms with Gasteiger partial charge in [0.25, 0.3) is 0 Å². The quantitative estimate of drug-likeness (QED) is 0.904. The number of anilines is 1. The number of nitrogens with zero attached hydrogens (tertiary/aromatic N) is 3. The summed E-state index contributed by atoms with van der Waals surface area (Å²) in [6.45, 7) is 5.81. The molecule has 6 heteroatoms. The first-order chi connectivity index (χ1) is 11.4. The molecule has 0 bridgehead atoms. The summed E-state index contributed by atoms with van der Waals surface area (Å²) in [5.74, 6) is 0.0887. The Balaban J connectivity index is 1.70. The Labute approximate surface area is 142 Å². The van der Waals surface area contributed by atoms with Crippen molar-refractivity contribution in [1.29, 1.82) is 5.26 Å². The van der Waals surface area contributed by atoms with Crippen molar-refractivity contribution < 1.29 is 9.59 Å². The normalized spacial score (nSPS) is 23.2. The van der Waals surface area contributed by atoms with E-state index < -0.39 is 0 Å². The van der Waals surface area contributed by atoms with E-state index >= 15 is 0 Å². The Bertz CT molecular complexity index is 692. The van der Waals surface area contributed by atoms with Gasteiger partial charge in [0, 0.05) is 43.2 Å². The molecule has 24 heavy (non-hydrogen) atoms. The molecule has 0 unspecified atom stereocenters. The van der Waals surface area contributed by atoms with E-state index in [9.17, 15) is 9.59 Å². The first-order valence-corrected chi connectivity index (χ1v) is 8.28. The molecule has 3 rings (SSSR count). The largest absolute Gasteiger partial charge is 0.336 e. The van der Waals surface area contributed by atoms with Crippen molar-refractivity contribution in [1.82, 2.24) is 10.2 Å². The maximum absolute atomic E-state index is 12.5. The summed E-state index contributed by atoms with van der Waals surface area (Å²) in [4.78, 5) is 28.3. The van der Waals surface area contributed by atoms with Gasteiger partial charge in [0.1, 0.15) is 0 Å². The van der Waals surface area contributed by atoms with E-state index in [2.05, 4.69) is 11.4 Å². The van der Waals surface area contributed by atoms with Crippen LogP contribution in [0.4, 0.5) is 10.5 Å². The van der Waals surface area contributed by atoms with Crippen LogP contribution in [-0.2, 0) is 4.79 Å². The summed E-state index contributed by atoms with van der Waals surface area (Å²) in [7, 11) is 0. The smallest absolute Gasteiger partial charge is 0.317 e. The molecule has 1 aromatic carbocycles. The van der Waals surface area contributed by atoms with Crippen LogP contribution in [0.3, 0.4) is 0 Å². The summed E-state index contributed by atoms with van der Waals surface area (Å²) in [6.07, 6.45) is 1.31. The minimum Gasteiger partial charge on any atom is -0.336 e. The molecule has 0 aliphatic carbocycles. The lowest BCUT2D eigenvalue weighted by atomic mass is 9.86. The van der Waals surface area contributed by atoms with Crippen LogP contribution in [0.25, 0.3) is 0 Å². The molecule has 1 atom stereocenters. The fourth-order valence-electron chi connectivity index (χ4n) is 3.57. The highest BCUT2D eigenvalue weighted by Gasteiger charge is 2.48. The molecule has 1 aromatic rings. The van der Waals surface area contributed by atoms with Gasteiger partial charge in [0.2, 0.25) is 5.91 Å². The van der Waals surface area contributed by atoms with Gasteiger partial charge in [0.05, 0.1) is 11.6 Å². The number of hydrogen-bond acceptors (Lipinski definition) is 3. The fourth-order valence-corrected chi connectivity index (χ4v) is 3.57. The van der Waals surface area contributed by atoms with Crippen LogP contribution in [0.2, 0.25) is 0 Å². The molecule has 0 saturated carbocycles. The predicted molar refractivity (Wildman–Crippen MR) is 90.4 cm³/mol. The van der Waals surface area contributed by atoms with E-state index in [0.717, 1.165) is 12.1 Å². The lowest BCUT2D eigenvalue weighted by molar-refractivity contribution is -0.117. The van der Waals surface area contributed by atoms with Gasteiger partial charge in [-0.1, -0.05) is 0 Å². The first kappa shape index (κ1) is 16.3. The topological polar surface area (TPSA) is 76.4 Å². The summed E-state index contributed by atoms with van der Waals surface area (Å²) in [6, 6.07) is 9.22. The number of likely N-dealkylation sites (tertiary alicyclic amines) is 1. The van der Waals surface area contributed by atoms with Crippen molar-refractivity contribution in [3.8, 4) is 6.07 Å². The summed E-state index contributed by atoms with van der Waals surface area (Å²) in [5, 5.41) is 11.8. The zero-order valence-corrected chi connectivity index (χ0v) is 14.1. The second-order valence-corrected chi connectivity index (χ2v) is 7.09. The third kappa shape index (κ3) is 3.07. The lowest BCUT2D eigenvalue weighted by Gasteiger charge is -2.25. The number of benzene rings is 1. The molecule has 2 saturated heterocycles. The highest BCUT2D eigenvalue weighted by Crippen LogP contribution is 2.41. The molecule has 3 amide bonds. The van der Waals surface area contributed by atoms with Crippen LogP contribution >= 0.6 is 0 Å². The van der Waals surface area contributed by atoms with Gasteiger partial charge >= 0.3 is 6.03 Å². The Kier molecular flexibility index (Phi) is 4.18. The minimum absolute atomic E-state index is 0.0499. The molecule has 1 spiro atoms. The van der Waals surface area contributed by atoms with Crippen LogP contribution in [0.5, 0.6) is 0 Å². The van der Waals surface area contributed by atoms with Gasteiger partial charge in [-0.3, -0.25) is 4.79 Å². The van der Waals surface area contributed by atoms with Crippen molar-refractivity contribution in [2.45, 2.75) is 32.7 Å². The summed E-state index contributed by atoms with van der Waals surface area (Å²) >= 11 is 0. The highest BCUT2D eigenvalue weighted by molar-refractivity contribution is 5.96. The maximum Gasteiger partial charge on any atom is 0.317 e. The number of nitriles is 1. The fraction of sp³-hybridized carbons (Fsp3) is 0.500. The Morgan fingerprint density at radius 3 is 2.62 bits per heavy atom. The molecule has 0 aromatic heterocycles. The van der Waals surface area contributed by atoms with Gasteiger partial charge in [-0.15, -0.1) is 0 Å². The second-order valence-electron chi connectivity index (χ2n) is 7.09. The molecular formula is C18H22N4O2. The van der Waals surface area contributed by atoms with Crippen LogP contribution in [-0.4, -0.2) is 42.5 Å². The number of amides is 3. The average molecular weight is 326 g/mol.